The maximum atomic E-state index is 12.8. The van der Waals surface area contributed by atoms with Gasteiger partial charge in [0.15, 0.2) is 14.6 Å². The van der Waals surface area contributed by atoms with Crippen LogP contribution in [0.25, 0.3) is 10.6 Å². The molecule has 1 aromatic heterocycles. The van der Waals surface area contributed by atoms with Crippen LogP contribution >= 0.6 is 23.7 Å². The highest BCUT2D eigenvalue weighted by molar-refractivity contribution is 7.92. The number of thiazole rings is 1. The summed E-state index contributed by atoms with van der Waals surface area (Å²) in [6, 6.07) is 7.31. The number of nitrogens with one attached hydrogen (secondary N) is 2. The lowest BCUT2D eigenvalue weighted by molar-refractivity contribution is -0.119. The molecular formula is C17H22ClN3O3S2. The van der Waals surface area contributed by atoms with Crippen molar-refractivity contribution in [1.82, 2.24) is 10.3 Å². The van der Waals surface area contributed by atoms with E-state index < -0.39 is 20.5 Å². The van der Waals surface area contributed by atoms with Crippen LogP contribution in [-0.4, -0.2) is 43.4 Å². The van der Waals surface area contributed by atoms with E-state index in [1.54, 1.807) is 23.5 Å². The van der Waals surface area contributed by atoms with Crippen LogP contribution in [0.4, 0.5) is 5.69 Å². The van der Waals surface area contributed by atoms with E-state index in [1.807, 2.05) is 24.4 Å². The molecule has 0 radical (unpaired) electrons. The van der Waals surface area contributed by atoms with Gasteiger partial charge in [-0.25, -0.2) is 13.4 Å². The van der Waals surface area contributed by atoms with Crippen molar-refractivity contribution in [3.8, 4) is 10.6 Å². The highest BCUT2D eigenvalue weighted by Gasteiger charge is 2.48. The van der Waals surface area contributed by atoms with Gasteiger partial charge in [0.05, 0.1) is 0 Å². The lowest BCUT2D eigenvalue weighted by Crippen LogP contribution is -2.55. The summed E-state index contributed by atoms with van der Waals surface area (Å²) in [7, 11) is -3.52. The lowest BCUT2D eigenvalue weighted by Gasteiger charge is -2.34. The molecule has 3 rings (SSSR count). The topological polar surface area (TPSA) is 88.2 Å². The molecule has 26 heavy (non-hydrogen) atoms. The van der Waals surface area contributed by atoms with Crippen molar-refractivity contribution in [3.05, 3.63) is 35.3 Å². The zero-order chi connectivity index (χ0) is 18.1. The number of aryl methyl sites for hydroxylation is 1. The fourth-order valence-electron chi connectivity index (χ4n) is 3.02. The Balaban J connectivity index is 0.00000243. The average molecular weight is 416 g/mol. The van der Waals surface area contributed by atoms with E-state index in [0.29, 0.717) is 18.8 Å². The Labute approximate surface area is 163 Å². The molecule has 0 saturated carbocycles. The van der Waals surface area contributed by atoms with Crippen molar-refractivity contribution in [2.75, 3.05) is 24.7 Å². The van der Waals surface area contributed by atoms with Crippen LogP contribution in [0, 0.1) is 6.92 Å². The molecule has 0 spiro atoms. The Morgan fingerprint density at radius 2 is 1.85 bits per heavy atom. The van der Waals surface area contributed by atoms with E-state index >= 15 is 0 Å². The molecule has 0 unspecified atom stereocenters. The molecule has 2 aromatic rings. The number of carbonyl (C=O) groups excluding carboxylic acids is 1. The van der Waals surface area contributed by atoms with Crippen LogP contribution in [-0.2, 0) is 14.6 Å². The van der Waals surface area contributed by atoms with Crippen molar-refractivity contribution in [1.29, 1.82) is 0 Å². The molecule has 6 nitrogen and oxygen atoms in total. The minimum atomic E-state index is -3.52. The van der Waals surface area contributed by atoms with Crippen LogP contribution in [0.15, 0.2) is 29.6 Å². The van der Waals surface area contributed by atoms with Gasteiger partial charge in [-0.2, -0.15) is 0 Å². The van der Waals surface area contributed by atoms with Gasteiger partial charge in [0.2, 0.25) is 5.91 Å². The number of sulfone groups is 1. The number of hydrogen-bond acceptors (Lipinski definition) is 6. The largest absolute Gasteiger partial charge is 0.325 e. The fraction of sp³-hybridized carbons (Fsp3) is 0.412. The minimum Gasteiger partial charge on any atom is -0.325 e. The highest BCUT2D eigenvalue weighted by atomic mass is 35.5. The van der Waals surface area contributed by atoms with E-state index in [-0.39, 0.29) is 25.2 Å². The first-order chi connectivity index (χ1) is 11.8. The molecule has 1 aliphatic rings. The monoisotopic (exact) mass is 415 g/mol. The fourth-order valence-corrected chi connectivity index (χ4v) is 5.16. The SMILES string of the molecule is Cc1csc(-c2ccc(NC(=O)C3(S(C)(=O)=O)CCNCC3)cc2)n1.Cl. The molecule has 2 N–H and O–H groups in total. The quantitative estimate of drug-likeness (QED) is 0.801. The van der Waals surface area contributed by atoms with Crippen molar-refractivity contribution < 1.29 is 13.2 Å². The second-order valence-corrected chi connectivity index (χ2v) is 9.53. The zero-order valence-corrected chi connectivity index (χ0v) is 17.1. The zero-order valence-electron chi connectivity index (χ0n) is 14.6. The average Bonchev–Trinajstić information content (AvgIpc) is 3.01. The Morgan fingerprint density at radius 1 is 1.23 bits per heavy atom. The van der Waals surface area contributed by atoms with Crippen LogP contribution in [0.3, 0.4) is 0 Å². The molecule has 1 aliphatic heterocycles. The number of anilines is 1. The van der Waals surface area contributed by atoms with Crippen molar-refractivity contribution in [2.24, 2.45) is 0 Å². The third-order valence-corrected chi connectivity index (χ3v) is 7.57. The maximum absolute atomic E-state index is 12.8. The number of benzene rings is 1. The first-order valence-corrected chi connectivity index (χ1v) is 10.8. The molecule has 0 aliphatic carbocycles. The van der Waals surface area contributed by atoms with Gasteiger partial charge in [0.25, 0.3) is 0 Å². The molecular weight excluding hydrogens is 394 g/mol. The Bertz CT molecular complexity index is 873. The van der Waals surface area contributed by atoms with Gasteiger partial charge < -0.3 is 10.6 Å². The molecule has 9 heteroatoms. The lowest BCUT2D eigenvalue weighted by atomic mass is 9.95. The summed E-state index contributed by atoms with van der Waals surface area (Å²) in [4.78, 5) is 17.2. The van der Waals surface area contributed by atoms with Gasteiger partial charge in [-0.1, -0.05) is 0 Å². The number of amides is 1. The number of nitrogens with zero attached hydrogens (tertiary/aromatic N) is 1. The summed E-state index contributed by atoms with van der Waals surface area (Å²) in [6.07, 6.45) is 1.72. The van der Waals surface area contributed by atoms with Crippen molar-refractivity contribution >= 4 is 45.2 Å². The first kappa shape index (κ1) is 20.8. The first-order valence-electron chi connectivity index (χ1n) is 8.06. The van der Waals surface area contributed by atoms with E-state index in [0.717, 1.165) is 22.5 Å². The third kappa shape index (κ3) is 4.09. The summed E-state index contributed by atoms with van der Waals surface area (Å²) < 4.78 is 23.2. The van der Waals surface area contributed by atoms with Gasteiger partial charge in [-0.3, -0.25) is 4.79 Å². The molecule has 2 heterocycles. The minimum absolute atomic E-state index is 0. The third-order valence-electron chi connectivity index (χ3n) is 4.54. The number of halogens is 1. The Kier molecular flexibility index (Phi) is 6.44. The van der Waals surface area contributed by atoms with Crippen LogP contribution in [0.5, 0.6) is 0 Å². The van der Waals surface area contributed by atoms with Gasteiger partial charge in [0.1, 0.15) is 5.01 Å². The molecule has 1 saturated heterocycles. The van der Waals surface area contributed by atoms with Crippen molar-refractivity contribution in [3.63, 3.8) is 0 Å². The normalized spacial score (nSPS) is 16.5. The summed E-state index contributed by atoms with van der Waals surface area (Å²) in [5.74, 6) is -0.450. The molecule has 0 atom stereocenters. The second-order valence-electron chi connectivity index (χ2n) is 6.34. The van der Waals surface area contributed by atoms with Gasteiger partial charge in [0, 0.05) is 28.6 Å². The van der Waals surface area contributed by atoms with Gasteiger partial charge in [-0.05, 0) is 57.1 Å². The number of hydrogen-bond donors (Lipinski definition) is 2. The Hall–Kier alpha value is -1.48. The van der Waals surface area contributed by atoms with Crippen molar-refractivity contribution in [2.45, 2.75) is 24.5 Å². The predicted octanol–water partition coefficient (Wildman–Crippen LogP) is 2.65. The summed E-state index contributed by atoms with van der Waals surface area (Å²) in [5.41, 5.74) is 2.53. The number of aromatic nitrogens is 1. The molecule has 1 amide bonds. The van der Waals surface area contributed by atoms with Crippen LogP contribution in [0.1, 0.15) is 18.5 Å². The van der Waals surface area contributed by atoms with E-state index in [1.165, 1.54) is 0 Å². The number of rotatable bonds is 4. The number of piperidine rings is 1. The maximum Gasteiger partial charge on any atom is 0.245 e. The highest BCUT2D eigenvalue weighted by Crippen LogP contribution is 2.30. The van der Waals surface area contributed by atoms with Crippen LogP contribution < -0.4 is 10.6 Å². The van der Waals surface area contributed by atoms with Gasteiger partial charge in [-0.15, -0.1) is 23.7 Å². The molecule has 142 valence electrons. The van der Waals surface area contributed by atoms with Crippen LogP contribution in [0.2, 0.25) is 0 Å². The Morgan fingerprint density at radius 3 is 2.35 bits per heavy atom. The summed E-state index contributed by atoms with van der Waals surface area (Å²) >= 11 is 1.56. The smallest absolute Gasteiger partial charge is 0.245 e. The predicted molar refractivity (Wildman–Crippen MR) is 108 cm³/mol. The van der Waals surface area contributed by atoms with E-state index in [9.17, 15) is 13.2 Å². The second kappa shape index (κ2) is 8.04. The molecule has 0 bridgehead atoms. The molecule has 1 aromatic carbocycles. The standard InChI is InChI=1S/C17H21N3O3S2.ClH/c1-12-11-24-15(19-12)13-3-5-14(6-4-13)20-16(21)17(25(2,22)23)7-9-18-10-8-17;/h3-6,11,18H,7-10H2,1-2H3,(H,20,21);1H. The number of carbonyl (C=O) groups is 1. The van der Waals surface area contributed by atoms with E-state index in [2.05, 4.69) is 15.6 Å². The summed E-state index contributed by atoms with van der Waals surface area (Å²) in [5, 5.41) is 8.79. The van der Waals surface area contributed by atoms with Gasteiger partial charge >= 0.3 is 0 Å². The summed E-state index contributed by atoms with van der Waals surface area (Å²) in [6.45, 7) is 2.98. The molecule has 1 fully saturated rings. The van der Waals surface area contributed by atoms with E-state index in [4.69, 9.17) is 0 Å².